The van der Waals surface area contributed by atoms with Crippen molar-refractivity contribution in [1.82, 2.24) is 10.3 Å². The molecule has 3 aromatic rings. The van der Waals surface area contributed by atoms with Gasteiger partial charge in [-0.05, 0) is 61.6 Å². The van der Waals surface area contributed by atoms with E-state index >= 15 is 0 Å². The van der Waals surface area contributed by atoms with Gasteiger partial charge in [0.15, 0.2) is 22.3 Å². The molecule has 1 aliphatic carbocycles. The Labute approximate surface area is 185 Å². The van der Waals surface area contributed by atoms with Crippen molar-refractivity contribution in [3.8, 4) is 17.2 Å². The topological polar surface area (TPSA) is 69.7 Å². The Hall–Kier alpha value is -2.64. The smallest absolute Gasteiger partial charge is 0.194 e. The van der Waals surface area contributed by atoms with E-state index < -0.39 is 0 Å². The fourth-order valence-electron chi connectivity index (χ4n) is 4.33. The molecule has 0 unspecified atom stereocenters. The normalized spacial score (nSPS) is 20.5. The Morgan fingerprint density at radius 3 is 2.71 bits per heavy atom. The zero-order valence-electron chi connectivity index (χ0n) is 17.6. The standard InChI is InChI=1S/C24H26N2O4S/c1-28-18-7-8-19-22(13-18)31-24(26-19)23(27)16-3-5-17(6-4-16)25-14-15-2-9-20-21(12-15)30-11-10-29-20/h2,7-9,12-13,16-17,25H,3-6,10-11,14H2,1H3/t16-,17-. The second-order valence-electron chi connectivity index (χ2n) is 8.12. The van der Waals surface area contributed by atoms with Gasteiger partial charge in [0, 0.05) is 18.5 Å². The van der Waals surface area contributed by atoms with E-state index in [0.29, 0.717) is 24.3 Å². The minimum atomic E-state index is 0.0646. The molecule has 31 heavy (non-hydrogen) atoms. The van der Waals surface area contributed by atoms with Crippen LogP contribution in [0.1, 0.15) is 41.0 Å². The van der Waals surface area contributed by atoms with Crippen LogP contribution in [0.3, 0.4) is 0 Å². The predicted molar refractivity (Wildman–Crippen MR) is 121 cm³/mol. The largest absolute Gasteiger partial charge is 0.497 e. The molecule has 5 rings (SSSR count). The van der Waals surface area contributed by atoms with E-state index in [0.717, 1.165) is 59.7 Å². The van der Waals surface area contributed by atoms with Gasteiger partial charge < -0.3 is 19.5 Å². The lowest BCUT2D eigenvalue weighted by molar-refractivity contribution is 0.0879. The maximum Gasteiger partial charge on any atom is 0.194 e. The highest BCUT2D eigenvalue weighted by Crippen LogP contribution is 2.33. The third-order valence-corrected chi connectivity index (χ3v) is 7.14. The predicted octanol–water partition coefficient (Wildman–Crippen LogP) is 4.61. The highest BCUT2D eigenvalue weighted by Gasteiger charge is 2.28. The molecule has 2 heterocycles. The quantitative estimate of drug-likeness (QED) is 0.567. The number of rotatable bonds is 6. The van der Waals surface area contributed by atoms with Gasteiger partial charge in [0.2, 0.25) is 0 Å². The molecule has 1 aromatic heterocycles. The van der Waals surface area contributed by atoms with E-state index in [9.17, 15) is 4.79 Å². The number of hydrogen-bond donors (Lipinski definition) is 1. The summed E-state index contributed by atoms with van der Waals surface area (Å²) in [5.41, 5.74) is 2.05. The molecule has 1 N–H and O–H groups in total. The summed E-state index contributed by atoms with van der Waals surface area (Å²) in [5, 5.41) is 4.26. The first-order chi connectivity index (χ1) is 15.2. The van der Waals surface area contributed by atoms with Crippen LogP contribution in [-0.2, 0) is 6.54 Å². The van der Waals surface area contributed by atoms with Gasteiger partial charge in [0.1, 0.15) is 19.0 Å². The number of aromatic nitrogens is 1. The van der Waals surface area contributed by atoms with Crippen molar-refractivity contribution in [2.75, 3.05) is 20.3 Å². The van der Waals surface area contributed by atoms with Crippen molar-refractivity contribution >= 4 is 27.3 Å². The number of hydrogen-bond acceptors (Lipinski definition) is 7. The molecular weight excluding hydrogens is 412 g/mol. The second-order valence-corrected chi connectivity index (χ2v) is 9.16. The summed E-state index contributed by atoms with van der Waals surface area (Å²) in [5.74, 6) is 2.69. The van der Waals surface area contributed by atoms with Crippen molar-refractivity contribution in [2.45, 2.75) is 38.3 Å². The SMILES string of the molecule is COc1ccc2nc(C(=O)[C@H]3CC[C@H](NCc4ccc5c(c4)OCCO5)CC3)sc2c1. The minimum Gasteiger partial charge on any atom is -0.497 e. The number of Topliss-reactive ketones (excluding diaryl/α,β-unsaturated/α-hetero) is 1. The lowest BCUT2D eigenvalue weighted by Crippen LogP contribution is -2.34. The molecule has 1 saturated carbocycles. The summed E-state index contributed by atoms with van der Waals surface area (Å²) in [6.45, 7) is 2.00. The average molecular weight is 439 g/mol. The maximum absolute atomic E-state index is 13.0. The van der Waals surface area contributed by atoms with Crippen molar-refractivity contribution in [1.29, 1.82) is 0 Å². The van der Waals surface area contributed by atoms with Crippen LogP contribution in [0, 0.1) is 5.92 Å². The van der Waals surface area contributed by atoms with Crippen LogP contribution >= 0.6 is 11.3 Å². The number of ketones is 1. The Balaban J connectivity index is 1.15. The van der Waals surface area contributed by atoms with Crippen molar-refractivity contribution < 1.29 is 19.0 Å². The highest BCUT2D eigenvalue weighted by molar-refractivity contribution is 7.20. The second kappa shape index (κ2) is 8.85. The van der Waals surface area contributed by atoms with Gasteiger partial charge in [-0.25, -0.2) is 4.98 Å². The summed E-state index contributed by atoms with van der Waals surface area (Å²) in [4.78, 5) is 17.6. The Morgan fingerprint density at radius 2 is 1.90 bits per heavy atom. The number of carbonyl (C=O) groups is 1. The lowest BCUT2D eigenvalue weighted by atomic mass is 9.83. The van der Waals surface area contributed by atoms with Crippen LogP contribution < -0.4 is 19.5 Å². The maximum atomic E-state index is 13.0. The molecule has 0 saturated heterocycles. The number of carbonyl (C=O) groups excluding carboxylic acids is 1. The van der Waals surface area contributed by atoms with Gasteiger partial charge >= 0.3 is 0 Å². The molecule has 7 heteroatoms. The summed E-state index contributed by atoms with van der Waals surface area (Å²) in [7, 11) is 1.65. The van der Waals surface area contributed by atoms with Gasteiger partial charge in [-0.15, -0.1) is 11.3 Å². The number of thiazole rings is 1. The number of benzene rings is 2. The Kier molecular flexibility index (Phi) is 5.78. The fourth-order valence-corrected chi connectivity index (χ4v) is 5.34. The molecule has 2 aromatic carbocycles. The zero-order chi connectivity index (χ0) is 21.2. The van der Waals surface area contributed by atoms with E-state index in [1.807, 2.05) is 24.3 Å². The van der Waals surface area contributed by atoms with Crippen LogP contribution in [0.25, 0.3) is 10.2 Å². The van der Waals surface area contributed by atoms with Gasteiger partial charge in [-0.1, -0.05) is 6.07 Å². The van der Waals surface area contributed by atoms with Crippen molar-refractivity contribution in [3.63, 3.8) is 0 Å². The Bertz CT molecular complexity index is 1090. The molecule has 6 nitrogen and oxygen atoms in total. The number of methoxy groups -OCH3 is 1. The molecule has 0 bridgehead atoms. The Morgan fingerprint density at radius 1 is 1.10 bits per heavy atom. The molecule has 0 radical (unpaired) electrons. The van der Waals surface area contributed by atoms with Gasteiger partial charge in [-0.2, -0.15) is 0 Å². The van der Waals surface area contributed by atoms with Gasteiger partial charge in [0.25, 0.3) is 0 Å². The molecule has 0 spiro atoms. The van der Waals surface area contributed by atoms with Crippen LogP contribution in [0.2, 0.25) is 0 Å². The fraction of sp³-hybridized carbons (Fsp3) is 0.417. The van der Waals surface area contributed by atoms with E-state index in [1.54, 1.807) is 7.11 Å². The summed E-state index contributed by atoms with van der Waals surface area (Å²) < 4.78 is 17.5. The third-order valence-electron chi connectivity index (χ3n) is 6.11. The molecule has 2 aliphatic rings. The average Bonchev–Trinajstić information content (AvgIpc) is 3.26. The summed E-state index contributed by atoms with van der Waals surface area (Å²) in [6.07, 6.45) is 3.80. The molecule has 0 atom stereocenters. The van der Waals surface area contributed by atoms with Gasteiger partial charge in [0.05, 0.1) is 17.3 Å². The van der Waals surface area contributed by atoms with Crippen LogP contribution in [0.15, 0.2) is 36.4 Å². The van der Waals surface area contributed by atoms with Crippen molar-refractivity contribution in [3.05, 3.63) is 47.0 Å². The van der Waals surface area contributed by atoms with E-state index in [-0.39, 0.29) is 11.7 Å². The highest BCUT2D eigenvalue weighted by atomic mass is 32.1. The number of nitrogens with zero attached hydrogens (tertiary/aromatic N) is 1. The molecule has 0 amide bonds. The summed E-state index contributed by atoms with van der Waals surface area (Å²) in [6, 6.07) is 12.3. The first-order valence-electron chi connectivity index (χ1n) is 10.8. The first-order valence-corrected chi connectivity index (χ1v) is 11.6. The molecule has 162 valence electrons. The number of ether oxygens (including phenoxy) is 3. The van der Waals surface area contributed by atoms with Gasteiger partial charge in [-0.3, -0.25) is 4.79 Å². The molecule has 1 fully saturated rings. The third kappa shape index (κ3) is 4.38. The minimum absolute atomic E-state index is 0.0646. The van der Waals surface area contributed by atoms with Crippen molar-refractivity contribution in [2.24, 2.45) is 5.92 Å². The van der Waals surface area contributed by atoms with Crippen LogP contribution in [-0.4, -0.2) is 37.1 Å². The number of fused-ring (bicyclic) bond motifs is 2. The number of nitrogens with one attached hydrogen (secondary N) is 1. The lowest BCUT2D eigenvalue weighted by Gasteiger charge is -2.28. The van der Waals surface area contributed by atoms with E-state index in [2.05, 4.69) is 22.4 Å². The van der Waals surface area contributed by atoms with Crippen LogP contribution in [0.5, 0.6) is 17.2 Å². The van der Waals surface area contributed by atoms with E-state index in [1.165, 1.54) is 16.9 Å². The first kappa shape index (κ1) is 20.3. The monoisotopic (exact) mass is 438 g/mol. The molecular formula is C24H26N2O4S. The summed E-state index contributed by atoms with van der Waals surface area (Å²) >= 11 is 1.47. The van der Waals surface area contributed by atoms with E-state index in [4.69, 9.17) is 14.2 Å². The van der Waals surface area contributed by atoms with Crippen LogP contribution in [0.4, 0.5) is 0 Å². The zero-order valence-corrected chi connectivity index (χ0v) is 18.4. The molecule has 1 aliphatic heterocycles.